The standard InChI is InChI=1S/C16H14N2O/c1-9-6-7-12-15(16(9)19)14-10-4-2-3-5-11(10)18-13(14)8-17-12/h2-5,8-9,18H,6-7H2,1H3. The molecule has 3 aromatic rings. The van der Waals surface area contributed by atoms with E-state index in [4.69, 9.17) is 0 Å². The minimum absolute atomic E-state index is 0.105. The van der Waals surface area contributed by atoms with Gasteiger partial charge in [-0.3, -0.25) is 9.78 Å². The molecule has 0 saturated heterocycles. The first-order chi connectivity index (χ1) is 9.25. The number of hydrogen-bond acceptors (Lipinski definition) is 2. The molecule has 1 aliphatic rings. The first-order valence-corrected chi connectivity index (χ1v) is 6.68. The molecule has 0 spiro atoms. The Hall–Kier alpha value is -2.16. The number of hydrogen-bond donors (Lipinski definition) is 1. The van der Waals surface area contributed by atoms with Crippen molar-refractivity contribution in [3.8, 4) is 0 Å². The number of H-pyrrole nitrogens is 1. The lowest BCUT2D eigenvalue weighted by atomic mass is 9.84. The van der Waals surface area contributed by atoms with Gasteiger partial charge in [-0.05, 0) is 18.9 Å². The number of benzene rings is 1. The van der Waals surface area contributed by atoms with E-state index in [2.05, 4.69) is 16.0 Å². The van der Waals surface area contributed by atoms with Crippen LogP contribution in [0.3, 0.4) is 0 Å². The summed E-state index contributed by atoms with van der Waals surface area (Å²) in [5, 5.41) is 2.18. The number of para-hydroxylation sites is 1. The summed E-state index contributed by atoms with van der Waals surface area (Å²) in [6.07, 6.45) is 3.67. The second kappa shape index (κ2) is 3.67. The van der Waals surface area contributed by atoms with Crippen LogP contribution in [0.25, 0.3) is 21.8 Å². The number of aromatic nitrogens is 2. The van der Waals surface area contributed by atoms with E-state index in [9.17, 15) is 4.79 Å². The number of pyridine rings is 1. The number of carbonyl (C=O) groups is 1. The van der Waals surface area contributed by atoms with E-state index >= 15 is 0 Å². The average Bonchev–Trinajstić information content (AvgIpc) is 2.81. The fourth-order valence-corrected chi connectivity index (χ4v) is 3.07. The Morgan fingerprint density at radius 3 is 3.00 bits per heavy atom. The van der Waals surface area contributed by atoms with Crippen LogP contribution in [0.1, 0.15) is 29.4 Å². The van der Waals surface area contributed by atoms with Crippen LogP contribution in [0.5, 0.6) is 0 Å². The van der Waals surface area contributed by atoms with Gasteiger partial charge < -0.3 is 4.98 Å². The van der Waals surface area contributed by atoms with Gasteiger partial charge in [-0.15, -0.1) is 0 Å². The number of nitrogens with one attached hydrogen (secondary N) is 1. The average molecular weight is 250 g/mol. The lowest BCUT2D eigenvalue weighted by Gasteiger charge is -2.19. The van der Waals surface area contributed by atoms with E-state index in [0.29, 0.717) is 0 Å². The zero-order chi connectivity index (χ0) is 13.0. The molecule has 1 unspecified atom stereocenters. The molecule has 1 N–H and O–H groups in total. The van der Waals surface area contributed by atoms with Crippen molar-refractivity contribution < 1.29 is 4.79 Å². The van der Waals surface area contributed by atoms with Crippen molar-refractivity contribution in [3.05, 3.63) is 41.7 Å². The Kier molecular flexibility index (Phi) is 2.07. The maximum Gasteiger partial charge on any atom is 0.168 e. The highest BCUT2D eigenvalue weighted by atomic mass is 16.1. The summed E-state index contributed by atoms with van der Waals surface area (Å²) in [5.41, 5.74) is 3.83. The maximum absolute atomic E-state index is 12.5. The number of carbonyl (C=O) groups excluding carboxylic acids is 1. The van der Waals surface area contributed by atoms with Crippen LogP contribution < -0.4 is 0 Å². The van der Waals surface area contributed by atoms with E-state index in [1.807, 2.05) is 31.3 Å². The van der Waals surface area contributed by atoms with Crippen LogP contribution in [0.15, 0.2) is 30.5 Å². The fraction of sp³-hybridized carbons (Fsp3) is 0.250. The highest BCUT2D eigenvalue weighted by Crippen LogP contribution is 2.34. The molecule has 94 valence electrons. The molecule has 0 radical (unpaired) electrons. The van der Waals surface area contributed by atoms with Crippen LogP contribution in [0, 0.1) is 5.92 Å². The number of fused-ring (bicyclic) bond motifs is 5. The molecule has 0 saturated carbocycles. The Morgan fingerprint density at radius 1 is 1.26 bits per heavy atom. The molecule has 4 rings (SSSR count). The predicted molar refractivity (Wildman–Crippen MR) is 75.4 cm³/mol. The van der Waals surface area contributed by atoms with Crippen LogP contribution in [-0.4, -0.2) is 15.8 Å². The molecule has 3 heteroatoms. The van der Waals surface area contributed by atoms with Gasteiger partial charge in [-0.25, -0.2) is 0 Å². The first kappa shape index (κ1) is 10.7. The third kappa shape index (κ3) is 1.38. The largest absolute Gasteiger partial charge is 0.353 e. The van der Waals surface area contributed by atoms with E-state index in [1.54, 1.807) is 0 Å². The molecule has 19 heavy (non-hydrogen) atoms. The molecule has 0 fully saturated rings. The van der Waals surface area contributed by atoms with Gasteiger partial charge in [-0.2, -0.15) is 0 Å². The van der Waals surface area contributed by atoms with Crippen LogP contribution in [0.2, 0.25) is 0 Å². The first-order valence-electron chi connectivity index (χ1n) is 6.68. The van der Waals surface area contributed by atoms with Gasteiger partial charge in [0.2, 0.25) is 0 Å². The molecule has 2 heterocycles. The Balaban J connectivity index is 2.19. The smallest absolute Gasteiger partial charge is 0.168 e. The zero-order valence-electron chi connectivity index (χ0n) is 10.7. The minimum atomic E-state index is 0.105. The number of Topliss-reactive ketones (excluding diaryl/α,β-unsaturated/α-hetero) is 1. The van der Waals surface area contributed by atoms with Gasteiger partial charge in [0.25, 0.3) is 0 Å². The summed E-state index contributed by atoms with van der Waals surface area (Å²) in [6, 6.07) is 8.13. The second-order valence-corrected chi connectivity index (χ2v) is 5.34. The Labute approximate surface area is 110 Å². The Morgan fingerprint density at radius 2 is 2.11 bits per heavy atom. The maximum atomic E-state index is 12.5. The topological polar surface area (TPSA) is 45.8 Å². The molecule has 0 amide bonds. The lowest BCUT2D eigenvalue weighted by Crippen LogP contribution is -2.21. The van der Waals surface area contributed by atoms with Gasteiger partial charge in [-0.1, -0.05) is 25.1 Å². The predicted octanol–water partition coefficient (Wildman–Crippen LogP) is 3.48. The summed E-state index contributed by atoms with van der Waals surface area (Å²) in [6.45, 7) is 2.01. The number of rotatable bonds is 0. The van der Waals surface area contributed by atoms with Crippen molar-refractivity contribution >= 4 is 27.6 Å². The molecule has 1 aromatic carbocycles. The zero-order valence-corrected chi connectivity index (χ0v) is 10.7. The van der Waals surface area contributed by atoms with E-state index in [1.165, 1.54) is 0 Å². The highest BCUT2D eigenvalue weighted by molar-refractivity contribution is 6.19. The van der Waals surface area contributed by atoms with E-state index < -0.39 is 0 Å². The molecule has 3 nitrogen and oxygen atoms in total. The fourth-order valence-electron chi connectivity index (χ4n) is 3.07. The van der Waals surface area contributed by atoms with Crippen LogP contribution >= 0.6 is 0 Å². The van der Waals surface area contributed by atoms with Crippen molar-refractivity contribution in [3.63, 3.8) is 0 Å². The van der Waals surface area contributed by atoms with Crippen molar-refractivity contribution in [2.75, 3.05) is 0 Å². The van der Waals surface area contributed by atoms with Crippen LogP contribution in [-0.2, 0) is 6.42 Å². The minimum Gasteiger partial charge on any atom is -0.353 e. The Bertz CT molecular complexity index is 816. The van der Waals surface area contributed by atoms with Gasteiger partial charge in [0.05, 0.1) is 17.4 Å². The van der Waals surface area contributed by atoms with Gasteiger partial charge in [0.15, 0.2) is 5.78 Å². The molecular formula is C16H14N2O. The number of nitrogens with zero attached hydrogens (tertiary/aromatic N) is 1. The summed E-state index contributed by atoms with van der Waals surface area (Å²) in [5.74, 6) is 0.345. The molecule has 1 aliphatic carbocycles. The summed E-state index contributed by atoms with van der Waals surface area (Å²) in [7, 11) is 0. The van der Waals surface area contributed by atoms with Crippen LogP contribution in [0.4, 0.5) is 0 Å². The molecule has 0 bridgehead atoms. The third-order valence-electron chi connectivity index (χ3n) is 4.13. The summed E-state index contributed by atoms with van der Waals surface area (Å²) in [4.78, 5) is 20.3. The van der Waals surface area contributed by atoms with Crippen molar-refractivity contribution in [2.24, 2.45) is 5.92 Å². The van der Waals surface area contributed by atoms with Gasteiger partial charge >= 0.3 is 0 Å². The molecule has 0 aliphatic heterocycles. The molecular weight excluding hydrogens is 236 g/mol. The third-order valence-corrected chi connectivity index (χ3v) is 4.13. The highest BCUT2D eigenvalue weighted by Gasteiger charge is 2.28. The number of aromatic amines is 1. The lowest BCUT2D eigenvalue weighted by molar-refractivity contribution is 0.0914. The van der Waals surface area contributed by atoms with Crippen molar-refractivity contribution in [1.29, 1.82) is 0 Å². The van der Waals surface area contributed by atoms with Gasteiger partial charge in [0, 0.05) is 27.8 Å². The van der Waals surface area contributed by atoms with E-state index in [-0.39, 0.29) is 11.7 Å². The number of ketones is 1. The summed E-state index contributed by atoms with van der Waals surface area (Å²) < 4.78 is 0. The van der Waals surface area contributed by atoms with Gasteiger partial charge in [0.1, 0.15) is 0 Å². The van der Waals surface area contributed by atoms with E-state index in [0.717, 1.165) is 45.9 Å². The van der Waals surface area contributed by atoms with Crippen molar-refractivity contribution in [2.45, 2.75) is 19.8 Å². The summed E-state index contributed by atoms with van der Waals surface area (Å²) >= 11 is 0. The second-order valence-electron chi connectivity index (χ2n) is 5.34. The van der Waals surface area contributed by atoms with Crippen molar-refractivity contribution in [1.82, 2.24) is 9.97 Å². The molecule has 2 aromatic heterocycles. The normalized spacial score (nSPS) is 19.0. The number of aryl methyl sites for hydroxylation is 1. The monoisotopic (exact) mass is 250 g/mol. The quantitative estimate of drug-likeness (QED) is 0.664. The SMILES string of the molecule is CC1CCc2ncc3[nH]c4ccccc4c3c2C1=O. The molecule has 1 atom stereocenters.